The molecule has 1 N–H and O–H groups in total. The molecule has 1 unspecified atom stereocenters. The average Bonchev–Trinajstić information content (AvgIpc) is 3.29. The number of carboxylic acid groups (broad SMARTS) is 1. The Morgan fingerprint density at radius 2 is 1.66 bits per heavy atom. The van der Waals surface area contributed by atoms with Crippen LogP contribution in [0.25, 0.3) is 0 Å². The molecule has 3 saturated heterocycles. The van der Waals surface area contributed by atoms with Crippen LogP contribution in [-0.2, 0) is 4.79 Å². The largest absolute Gasteiger partial charge is 0.480 e. The van der Waals surface area contributed by atoms with Gasteiger partial charge in [0.1, 0.15) is 0 Å². The Hall–Kier alpha value is -4.33. The highest BCUT2D eigenvalue weighted by molar-refractivity contribution is 5.98. The van der Waals surface area contributed by atoms with Gasteiger partial charge in [0, 0.05) is 31.2 Å². The van der Waals surface area contributed by atoms with Crippen LogP contribution >= 0.6 is 0 Å². The summed E-state index contributed by atoms with van der Waals surface area (Å²) in [5.74, 6) is -0.836. The number of urea groups is 2. The molecule has 0 spiro atoms. The number of carbonyl (C=O) groups excluding carboxylic acids is 2. The predicted octanol–water partition coefficient (Wildman–Crippen LogP) is 5.86. The molecule has 2 bridgehead atoms. The molecule has 3 fully saturated rings. The summed E-state index contributed by atoms with van der Waals surface area (Å²) in [6, 6.07) is 17.0. The minimum Gasteiger partial charge on any atom is -0.480 e. The number of benzene rings is 2. The van der Waals surface area contributed by atoms with E-state index in [1.165, 1.54) is 10.5 Å². The Balaban J connectivity index is 1.40. The zero-order chi connectivity index (χ0) is 28.9. The molecule has 8 nitrogen and oxygen atoms in total. The summed E-state index contributed by atoms with van der Waals surface area (Å²) >= 11 is 0. The van der Waals surface area contributed by atoms with Gasteiger partial charge in [-0.2, -0.15) is 0 Å². The summed E-state index contributed by atoms with van der Waals surface area (Å²) in [6.45, 7) is 6.96. The average molecular weight is 555 g/mol. The lowest BCUT2D eigenvalue weighted by molar-refractivity contribution is -0.145. The highest BCUT2D eigenvalue weighted by atomic mass is 16.4. The lowest BCUT2D eigenvalue weighted by Crippen LogP contribution is -2.68. The Morgan fingerprint density at radius 3 is 2.34 bits per heavy atom. The Morgan fingerprint density at radius 1 is 0.951 bits per heavy atom. The molecule has 5 rings (SSSR count). The number of nitrogens with zero attached hydrogens (tertiary/aromatic N) is 4. The van der Waals surface area contributed by atoms with Gasteiger partial charge in [0.05, 0.1) is 17.8 Å². The SMILES string of the molecule is C=C/C=C\C=C(/C)N(C(=O)N1C[C@@H]2CC[C@H]([C@H]1C(=O)O)N2C(=O)N1CCCC(c2ccccc2)C1)c1ccccc1. The number of aliphatic carboxylic acids is 1. The maximum absolute atomic E-state index is 14.2. The number of piperazine rings is 1. The highest BCUT2D eigenvalue weighted by Gasteiger charge is 2.54. The van der Waals surface area contributed by atoms with E-state index in [0.717, 1.165) is 12.8 Å². The van der Waals surface area contributed by atoms with E-state index in [2.05, 4.69) is 18.7 Å². The van der Waals surface area contributed by atoms with Gasteiger partial charge in [-0.05, 0) is 56.4 Å². The van der Waals surface area contributed by atoms with Crippen LogP contribution in [0.5, 0.6) is 0 Å². The highest BCUT2D eigenvalue weighted by Crippen LogP contribution is 2.38. The number of fused-ring (bicyclic) bond motifs is 2. The third kappa shape index (κ3) is 5.78. The van der Waals surface area contributed by atoms with E-state index in [1.54, 1.807) is 34.1 Å². The van der Waals surface area contributed by atoms with Gasteiger partial charge < -0.3 is 19.8 Å². The molecule has 2 aromatic rings. The number of carboxylic acids is 1. The van der Waals surface area contributed by atoms with E-state index in [9.17, 15) is 19.5 Å². The lowest BCUT2D eigenvalue weighted by atomic mass is 9.91. The van der Waals surface area contributed by atoms with Crippen LogP contribution in [0, 0.1) is 0 Å². The van der Waals surface area contributed by atoms with E-state index in [1.807, 2.05) is 60.4 Å². The van der Waals surface area contributed by atoms with Crippen LogP contribution in [0.4, 0.5) is 15.3 Å². The first kappa shape index (κ1) is 28.2. The van der Waals surface area contributed by atoms with Crippen molar-refractivity contribution in [2.75, 3.05) is 24.5 Å². The molecule has 3 aliphatic heterocycles. The number of carbonyl (C=O) groups is 3. The number of rotatable bonds is 6. The monoisotopic (exact) mass is 554 g/mol. The zero-order valence-electron chi connectivity index (χ0n) is 23.5. The van der Waals surface area contributed by atoms with Crippen molar-refractivity contribution in [1.82, 2.24) is 14.7 Å². The number of hydrogen-bond acceptors (Lipinski definition) is 3. The molecule has 4 atom stereocenters. The topological polar surface area (TPSA) is 84.4 Å². The van der Waals surface area contributed by atoms with Gasteiger partial charge in [-0.25, -0.2) is 14.4 Å². The molecule has 2 aromatic carbocycles. The molecule has 0 saturated carbocycles. The van der Waals surface area contributed by atoms with E-state index in [4.69, 9.17) is 0 Å². The second kappa shape index (κ2) is 12.5. The van der Waals surface area contributed by atoms with Crippen molar-refractivity contribution in [3.63, 3.8) is 0 Å². The minimum absolute atomic E-state index is 0.109. The Kier molecular flexibility index (Phi) is 8.57. The summed E-state index contributed by atoms with van der Waals surface area (Å²) in [6.07, 6.45) is 10.2. The van der Waals surface area contributed by atoms with E-state index >= 15 is 0 Å². The number of para-hydroxylation sites is 1. The molecular weight excluding hydrogens is 516 g/mol. The van der Waals surface area contributed by atoms with E-state index < -0.39 is 24.1 Å². The third-order valence-corrected chi connectivity index (χ3v) is 8.48. The van der Waals surface area contributed by atoms with E-state index in [-0.39, 0.29) is 24.5 Å². The second-order valence-corrected chi connectivity index (χ2v) is 11.0. The molecule has 0 aliphatic carbocycles. The number of likely N-dealkylation sites (tertiary alicyclic amines) is 2. The van der Waals surface area contributed by atoms with Crippen LogP contribution in [0.2, 0.25) is 0 Å². The molecule has 0 radical (unpaired) electrons. The van der Waals surface area contributed by atoms with Crippen LogP contribution in [-0.4, -0.2) is 75.6 Å². The maximum atomic E-state index is 14.2. The molecule has 214 valence electrons. The van der Waals surface area contributed by atoms with Gasteiger partial charge >= 0.3 is 18.0 Å². The fraction of sp³-hybridized carbons (Fsp3) is 0.364. The van der Waals surface area contributed by atoms with Gasteiger partial charge in [-0.15, -0.1) is 0 Å². The van der Waals surface area contributed by atoms with Crippen LogP contribution in [0.3, 0.4) is 0 Å². The second-order valence-electron chi connectivity index (χ2n) is 11.0. The number of allylic oxidation sites excluding steroid dienone is 5. The summed E-state index contributed by atoms with van der Waals surface area (Å²) in [4.78, 5) is 47.6. The molecule has 0 aromatic heterocycles. The first-order valence-corrected chi connectivity index (χ1v) is 14.4. The molecule has 3 heterocycles. The van der Waals surface area contributed by atoms with Gasteiger partial charge in [-0.3, -0.25) is 4.90 Å². The standard InChI is InChI=1S/C33H38N4O4/c1-3-4-7-13-24(2)36(27-17-10-6-11-18-27)33(41)35-23-28-19-20-29(30(35)31(38)39)37(28)32(40)34-21-12-16-26(22-34)25-14-8-5-9-15-25/h3-11,13-15,17-18,26,28-30H,1,12,16,19-23H2,2H3,(H,38,39)/b7-4-,24-13+/t26?,28-,29+,30-/m0/s1. The first-order valence-electron chi connectivity index (χ1n) is 14.4. The summed E-state index contributed by atoms with van der Waals surface area (Å²) in [5.41, 5.74) is 2.52. The fourth-order valence-corrected chi connectivity index (χ4v) is 6.57. The van der Waals surface area contributed by atoms with Gasteiger partial charge in [-0.1, -0.05) is 73.3 Å². The van der Waals surface area contributed by atoms with Crippen molar-refractivity contribution in [3.8, 4) is 0 Å². The number of hydrogen-bond donors (Lipinski definition) is 1. The summed E-state index contributed by atoms with van der Waals surface area (Å²) in [5, 5.41) is 10.4. The summed E-state index contributed by atoms with van der Waals surface area (Å²) < 4.78 is 0. The van der Waals surface area contributed by atoms with Gasteiger partial charge in [0.2, 0.25) is 0 Å². The van der Waals surface area contributed by atoms with Crippen molar-refractivity contribution >= 4 is 23.7 Å². The van der Waals surface area contributed by atoms with Crippen molar-refractivity contribution < 1.29 is 19.5 Å². The van der Waals surface area contributed by atoms with Crippen molar-refractivity contribution in [1.29, 1.82) is 0 Å². The Labute approximate surface area is 241 Å². The smallest absolute Gasteiger partial charge is 0.329 e. The Bertz CT molecular complexity index is 1330. The van der Waals surface area contributed by atoms with Crippen LogP contribution < -0.4 is 4.90 Å². The van der Waals surface area contributed by atoms with Crippen molar-refractivity contribution in [2.45, 2.75) is 56.7 Å². The van der Waals surface area contributed by atoms with Crippen molar-refractivity contribution in [3.05, 3.63) is 103 Å². The van der Waals surface area contributed by atoms with Crippen LogP contribution in [0.15, 0.2) is 97.2 Å². The lowest BCUT2D eigenvalue weighted by Gasteiger charge is -2.48. The minimum atomic E-state index is -1.14. The fourth-order valence-electron chi connectivity index (χ4n) is 6.57. The normalized spacial score (nSPS) is 24.4. The number of anilines is 1. The van der Waals surface area contributed by atoms with Gasteiger partial charge in [0.15, 0.2) is 6.04 Å². The third-order valence-electron chi connectivity index (χ3n) is 8.48. The molecule has 4 amide bonds. The maximum Gasteiger partial charge on any atom is 0.329 e. The van der Waals surface area contributed by atoms with E-state index in [0.29, 0.717) is 37.3 Å². The van der Waals surface area contributed by atoms with Gasteiger partial charge in [0.25, 0.3) is 0 Å². The predicted molar refractivity (Wildman–Crippen MR) is 160 cm³/mol. The molecule has 8 heteroatoms. The van der Waals surface area contributed by atoms with Crippen LogP contribution in [0.1, 0.15) is 44.1 Å². The quantitative estimate of drug-likeness (QED) is 0.454. The molecule has 3 aliphatic rings. The van der Waals surface area contributed by atoms with Crippen molar-refractivity contribution in [2.24, 2.45) is 0 Å². The molecule has 41 heavy (non-hydrogen) atoms. The number of piperidine rings is 1. The molecular formula is C33H38N4O4. The zero-order valence-corrected chi connectivity index (χ0v) is 23.5. The summed E-state index contributed by atoms with van der Waals surface area (Å²) in [7, 11) is 0. The first-order chi connectivity index (χ1) is 19.9. The number of amides is 4.